The van der Waals surface area contributed by atoms with Crippen molar-refractivity contribution in [3.8, 4) is 10.7 Å². The van der Waals surface area contributed by atoms with Crippen molar-refractivity contribution in [3.05, 3.63) is 5.69 Å². The highest BCUT2D eigenvalue weighted by molar-refractivity contribution is 7.09. The first-order valence-corrected chi connectivity index (χ1v) is 7.74. The standard InChI is InChI=1S/C12H19N7S/c1-3-9-10(20-18-15-9)11-14-12(17-16-11)19-6-4-5-8(13)7(19)2/h7-8H,3-6,13H2,1-2H3,(H,14,16,17). The van der Waals surface area contributed by atoms with E-state index >= 15 is 0 Å². The summed E-state index contributed by atoms with van der Waals surface area (Å²) in [5, 5.41) is 11.5. The fourth-order valence-corrected chi connectivity index (χ4v) is 3.25. The summed E-state index contributed by atoms with van der Waals surface area (Å²) in [7, 11) is 0. The van der Waals surface area contributed by atoms with Crippen molar-refractivity contribution in [1.82, 2.24) is 24.8 Å². The van der Waals surface area contributed by atoms with Gasteiger partial charge in [-0.3, -0.25) is 5.10 Å². The number of hydrogen-bond donors (Lipinski definition) is 2. The van der Waals surface area contributed by atoms with Crippen molar-refractivity contribution in [1.29, 1.82) is 0 Å². The summed E-state index contributed by atoms with van der Waals surface area (Å²) in [4.78, 5) is 7.75. The van der Waals surface area contributed by atoms with Gasteiger partial charge < -0.3 is 10.6 Å². The fraction of sp³-hybridized carbons (Fsp3) is 0.667. The van der Waals surface area contributed by atoms with Gasteiger partial charge >= 0.3 is 0 Å². The fourth-order valence-electron chi connectivity index (χ4n) is 2.56. The van der Waals surface area contributed by atoms with E-state index in [1.807, 2.05) is 0 Å². The Morgan fingerprint density at radius 1 is 1.50 bits per heavy atom. The van der Waals surface area contributed by atoms with Gasteiger partial charge in [0.2, 0.25) is 5.95 Å². The molecule has 1 aliphatic rings. The first kappa shape index (κ1) is 13.4. The molecule has 0 aromatic carbocycles. The number of anilines is 1. The van der Waals surface area contributed by atoms with Crippen molar-refractivity contribution < 1.29 is 0 Å². The van der Waals surface area contributed by atoms with E-state index in [4.69, 9.17) is 5.73 Å². The predicted octanol–water partition coefficient (Wildman–Crippen LogP) is 1.20. The van der Waals surface area contributed by atoms with Gasteiger partial charge in [0.05, 0.1) is 5.69 Å². The highest BCUT2D eigenvalue weighted by atomic mass is 32.1. The minimum atomic E-state index is 0.182. The minimum Gasteiger partial charge on any atom is -0.335 e. The number of piperidine rings is 1. The largest absolute Gasteiger partial charge is 0.335 e. The summed E-state index contributed by atoms with van der Waals surface area (Å²) in [5.74, 6) is 1.47. The van der Waals surface area contributed by atoms with Crippen LogP contribution in [0.1, 0.15) is 32.4 Å². The summed E-state index contributed by atoms with van der Waals surface area (Å²) in [6.45, 7) is 5.14. The molecule has 1 fully saturated rings. The van der Waals surface area contributed by atoms with Crippen LogP contribution < -0.4 is 10.6 Å². The van der Waals surface area contributed by atoms with Crippen molar-refractivity contribution in [2.24, 2.45) is 5.73 Å². The molecule has 0 aliphatic carbocycles. The Bertz CT molecular complexity index is 578. The molecule has 2 aromatic heterocycles. The van der Waals surface area contributed by atoms with Crippen LogP contribution in [-0.4, -0.2) is 43.4 Å². The molecule has 0 bridgehead atoms. The van der Waals surface area contributed by atoms with Crippen LogP contribution in [0.3, 0.4) is 0 Å². The normalized spacial score (nSPS) is 23.2. The molecule has 108 valence electrons. The Labute approximate surface area is 121 Å². The van der Waals surface area contributed by atoms with Crippen LogP contribution >= 0.6 is 11.5 Å². The molecule has 0 radical (unpaired) electrons. The molecule has 1 saturated heterocycles. The van der Waals surface area contributed by atoms with Gasteiger partial charge in [0.25, 0.3) is 0 Å². The number of nitrogens with two attached hydrogens (primary N) is 1. The molecule has 3 N–H and O–H groups in total. The molecule has 0 amide bonds. The van der Waals surface area contributed by atoms with Gasteiger partial charge in [-0.15, -0.1) is 10.2 Å². The third-order valence-corrected chi connectivity index (χ3v) is 4.66. The molecule has 7 nitrogen and oxygen atoms in total. The van der Waals surface area contributed by atoms with Crippen LogP contribution in [0.5, 0.6) is 0 Å². The van der Waals surface area contributed by atoms with E-state index in [-0.39, 0.29) is 12.1 Å². The minimum absolute atomic E-state index is 0.182. The second kappa shape index (κ2) is 5.45. The summed E-state index contributed by atoms with van der Waals surface area (Å²) in [5.41, 5.74) is 7.09. The van der Waals surface area contributed by atoms with Crippen LogP contribution in [0, 0.1) is 0 Å². The van der Waals surface area contributed by atoms with E-state index in [1.165, 1.54) is 11.5 Å². The molecule has 1 aliphatic heterocycles. The van der Waals surface area contributed by atoms with Gasteiger partial charge in [0.15, 0.2) is 5.82 Å². The van der Waals surface area contributed by atoms with E-state index in [2.05, 4.69) is 43.5 Å². The molecule has 8 heteroatoms. The van der Waals surface area contributed by atoms with E-state index in [1.54, 1.807) is 0 Å². The Balaban J connectivity index is 1.87. The van der Waals surface area contributed by atoms with E-state index in [9.17, 15) is 0 Å². The average Bonchev–Trinajstić information content (AvgIpc) is 3.09. The molecule has 0 spiro atoms. The van der Waals surface area contributed by atoms with Gasteiger partial charge in [-0.2, -0.15) is 4.98 Å². The van der Waals surface area contributed by atoms with Gasteiger partial charge in [-0.1, -0.05) is 11.4 Å². The van der Waals surface area contributed by atoms with Gasteiger partial charge in [-0.05, 0) is 37.7 Å². The molecule has 20 heavy (non-hydrogen) atoms. The number of rotatable bonds is 3. The zero-order chi connectivity index (χ0) is 14.1. The van der Waals surface area contributed by atoms with Crippen molar-refractivity contribution in [2.45, 2.75) is 45.2 Å². The third-order valence-electron chi connectivity index (χ3n) is 3.88. The lowest BCUT2D eigenvalue weighted by molar-refractivity contribution is 0.416. The lowest BCUT2D eigenvalue weighted by Gasteiger charge is -2.36. The van der Waals surface area contributed by atoms with Crippen molar-refractivity contribution in [3.63, 3.8) is 0 Å². The highest BCUT2D eigenvalue weighted by Crippen LogP contribution is 2.26. The Morgan fingerprint density at radius 2 is 2.35 bits per heavy atom. The Kier molecular flexibility index (Phi) is 3.66. The van der Waals surface area contributed by atoms with Crippen molar-refractivity contribution >= 4 is 17.5 Å². The van der Waals surface area contributed by atoms with E-state index in [0.717, 1.165) is 48.2 Å². The maximum absolute atomic E-state index is 6.13. The smallest absolute Gasteiger partial charge is 0.245 e. The summed E-state index contributed by atoms with van der Waals surface area (Å²) in [6.07, 6.45) is 2.98. The van der Waals surface area contributed by atoms with Gasteiger partial charge in [0.1, 0.15) is 4.88 Å². The molecule has 2 aromatic rings. The molecular formula is C12H19N7S. The topological polar surface area (TPSA) is 96.6 Å². The Morgan fingerprint density at radius 3 is 3.15 bits per heavy atom. The van der Waals surface area contributed by atoms with Crippen LogP contribution in [-0.2, 0) is 6.42 Å². The first-order valence-electron chi connectivity index (χ1n) is 6.97. The molecule has 3 rings (SSSR count). The lowest BCUT2D eigenvalue weighted by Crippen LogP contribution is -2.50. The predicted molar refractivity (Wildman–Crippen MR) is 78.7 cm³/mol. The monoisotopic (exact) mass is 293 g/mol. The number of aromatic amines is 1. The van der Waals surface area contributed by atoms with Crippen LogP contribution in [0.4, 0.5) is 5.95 Å². The lowest BCUT2D eigenvalue weighted by atomic mass is 9.99. The molecule has 2 unspecified atom stereocenters. The quantitative estimate of drug-likeness (QED) is 0.882. The van der Waals surface area contributed by atoms with Crippen LogP contribution in [0.25, 0.3) is 10.7 Å². The zero-order valence-corrected chi connectivity index (χ0v) is 12.5. The second-order valence-corrected chi connectivity index (χ2v) is 5.88. The molecule has 2 atom stereocenters. The maximum Gasteiger partial charge on any atom is 0.245 e. The number of aryl methyl sites for hydroxylation is 1. The van der Waals surface area contributed by atoms with Gasteiger partial charge in [0, 0.05) is 18.6 Å². The SMILES string of the molecule is CCc1nnsc1-c1nc(N2CCCC(N)C2C)n[nH]1. The maximum atomic E-state index is 6.13. The summed E-state index contributed by atoms with van der Waals surface area (Å²) < 4.78 is 3.99. The summed E-state index contributed by atoms with van der Waals surface area (Å²) >= 11 is 1.35. The summed E-state index contributed by atoms with van der Waals surface area (Å²) in [6, 6.07) is 0.444. The van der Waals surface area contributed by atoms with Crippen LogP contribution in [0.2, 0.25) is 0 Å². The number of aromatic nitrogens is 5. The highest BCUT2D eigenvalue weighted by Gasteiger charge is 2.28. The molecular weight excluding hydrogens is 274 g/mol. The molecule has 0 saturated carbocycles. The number of hydrogen-bond acceptors (Lipinski definition) is 7. The van der Waals surface area contributed by atoms with Crippen LogP contribution in [0.15, 0.2) is 0 Å². The van der Waals surface area contributed by atoms with E-state index in [0.29, 0.717) is 0 Å². The number of nitrogens with zero attached hydrogens (tertiary/aromatic N) is 5. The van der Waals surface area contributed by atoms with Gasteiger partial charge in [-0.25, -0.2) is 0 Å². The van der Waals surface area contributed by atoms with E-state index < -0.39 is 0 Å². The first-order chi connectivity index (χ1) is 9.70. The Hall–Kier alpha value is -1.54. The average molecular weight is 293 g/mol. The second-order valence-electron chi connectivity index (χ2n) is 5.13. The zero-order valence-electron chi connectivity index (χ0n) is 11.7. The van der Waals surface area contributed by atoms with Crippen molar-refractivity contribution in [2.75, 3.05) is 11.4 Å². The number of H-pyrrole nitrogens is 1. The third kappa shape index (κ3) is 2.29. The molecule has 3 heterocycles. The number of nitrogens with one attached hydrogen (secondary N) is 1.